The van der Waals surface area contributed by atoms with Gasteiger partial charge in [0.2, 0.25) is 5.91 Å². The molecule has 0 radical (unpaired) electrons. The van der Waals surface area contributed by atoms with Gasteiger partial charge in [-0.05, 0) is 18.1 Å². The Morgan fingerprint density at radius 3 is 2.58 bits per heavy atom. The first-order valence-electron chi connectivity index (χ1n) is 11.1. The maximum absolute atomic E-state index is 13.2. The van der Waals surface area contributed by atoms with Gasteiger partial charge < -0.3 is 40.0 Å². The fourth-order valence-corrected chi connectivity index (χ4v) is 5.81. The minimum atomic E-state index is -5.66. The second-order valence-corrected chi connectivity index (χ2v) is 11.1. The number of nitrogens with one attached hydrogen (secondary N) is 1. The van der Waals surface area contributed by atoms with Crippen molar-refractivity contribution < 1.29 is 61.9 Å². The van der Waals surface area contributed by atoms with Crippen LogP contribution in [0.25, 0.3) is 10.4 Å². The molecule has 0 aromatic carbocycles. The summed E-state index contributed by atoms with van der Waals surface area (Å²) < 4.78 is 45.6. The van der Waals surface area contributed by atoms with Gasteiger partial charge in [-0.15, -0.1) is 5.53 Å². The molecule has 1 unspecified atom stereocenters. The molecule has 1 aromatic heterocycles. The number of hydrogen-bond donors (Lipinski definition) is 6. The van der Waals surface area contributed by atoms with E-state index in [1.807, 2.05) is 5.32 Å². The zero-order chi connectivity index (χ0) is 30.3. The van der Waals surface area contributed by atoms with Gasteiger partial charge in [0.05, 0.1) is 19.3 Å². The van der Waals surface area contributed by atoms with Crippen molar-refractivity contribution >= 4 is 27.8 Å². The molecule has 40 heavy (non-hydrogen) atoms. The number of azide groups is 1. The van der Waals surface area contributed by atoms with E-state index in [1.165, 1.54) is 0 Å². The number of phosphoric acid groups is 2. The molecule has 1 fully saturated rings. The van der Waals surface area contributed by atoms with E-state index in [1.54, 1.807) is 0 Å². The van der Waals surface area contributed by atoms with Crippen LogP contribution < -0.4 is 16.6 Å². The fraction of sp³-hybridized carbons (Fsp3) is 0.647. The lowest BCUT2D eigenvalue weighted by Crippen LogP contribution is -2.54. The van der Waals surface area contributed by atoms with Gasteiger partial charge in [-0.25, -0.2) is 18.7 Å². The van der Waals surface area contributed by atoms with Gasteiger partial charge in [0, 0.05) is 19.2 Å². The quantitative estimate of drug-likeness (QED) is 0.0400. The first-order chi connectivity index (χ1) is 18.6. The maximum Gasteiger partial charge on any atom is 0.484 e. The van der Waals surface area contributed by atoms with Crippen molar-refractivity contribution in [3.63, 3.8) is 0 Å². The highest BCUT2D eigenvalue weighted by Crippen LogP contribution is 2.62. The molecule has 7 atom stereocenters. The second kappa shape index (κ2) is 14.2. The molecule has 0 spiro atoms. The predicted molar refractivity (Wildman–Crippen MR) is 127 cm³/mol. The monoisotopic (exact) mass is 616 g/mol. The number of aliphatic hydroxyl groups is 3. The third-order valence-electron chi connectivity index (χ3n) is 5.18. The third-order valence-corrected chi connectivity index (χ3v) is 7.80. The molecule has 1 saturated heterocycles. The molecule has 0 aliphatic carbocycles. The van der Waals surface area contributed by atoms with Crippen LogP contribution >= 0.6 is 15.6 Å². The molecule has 2 heterocycles. The number of aromatic nitrogens is 2. The summed E-state index contributed by atoms with van der Waals surface area (Å²) >= 11 is 0. The molecule has 21 nitrogen and oxygen atoms in total. The highest BCUT2D eigenvalue weighted by atomic mass is 31.3. The van der Waals surface area contributed by atoms with E-state index >= 15 is 0 Å². The molecule has 0 bridgehead atoms. The van der Waals surface area contributed by atoms with E-state index in [0.717, 1.165) is 23.8 Å². The average molecular weight is 616 g/mol. The SMILES string of the molecule is CC(=O)N[C@@H](C=O)[C@@H](OP(=O)(OC[C@@H]1CC[C@H](n2ccc(=O)n(N=[N+]=[N-])c2=O)O1)OP(=O)(O)O)[C@H](O)[C@H](O)CO. The number of aldehydes is 1. The first kappa shape index (κ1) is 33.4. The lowest BCUT2D eigenvalue weighted by atomic mass is 10.0. The van der Waals surface area contributed by atoms with Crippen LogP contribution in [0.5, 0.6) is 0 Å². The zero-order valence-electron chi connectivity index (χ0n) is 20.5. The van der Waals surface area contributed by atoms with E-state index < -0.39 is 82.7 Å². The molecule has 2 rings (SSSR count). The van der Waals surface area contributed by atoms with Crippen molar-refractivity contribution in [3.05, 3.63) is 43.5 Å². The van der Waals surface area contributed by atoms with Crippen molar-refractivity contribution in [1.82, 2.24) is 14.6 Å². The lowest BCUT2D eigenvalue weighted by molar-refractivity contribution is -0.129. The highest BCUT2D eigenvalue weighted by molar-refractivity contribution is 7.61. The van der Waals surface area contributed by atoms with Crippen LogP contribution in [0.1, 0.15) is 26.0 Å². The molecule has 1 aliphatic heterocycles. The summed E-state index contributed by atoms with van der Waals surface area (Å²) in [7, 11) is -11.1. The van der Waals surface area contributed by atoms with E-state index in [4.69, 9.17) is 24.4 Å². The molecule has 224 valence electrons. The van der Waals surface area contributed by atoms with Crippen LogP contribution in [0.15, 0.2) is 27.1 Å². The Hall–Kier alpha value is -2.77. The van der Waals surface area contributed by atoms with E-state index in [9.17, 15) is 48.3 Å². The van der Waals surface area contributed by atoms with Crippen molar-refractivity contribution in [3.8, 4) is 0 Å². The van der Waals surface area contributed by atoms with E-state index in [0.29, 0.717) is 0 Å². The van der Waals surface area contributed by atoms with E-state index in [2.05, 4.69) is 14.4 Å². The van der Waals surface area contributed by atoms with E-state index in [-0.39, 0.29) is 23.8 Å². The summed E-state index contributed by atoms with van der Waals surface area (Å²) in [6, 6.07) is -0.957. The number of amides is 1. The Morgan fingerprint density at radius 1 is 1.35 bits per heavy atom. The standard InChI is InChI=1S/C17H26N6O15P2/c1-9(26)19-11(6-24)16(15(29)12(27)7-25)37-40(34,38-39(31,32)33)35-8-10-2-3-14(36-10)22-5-4-13(28)23(17(22)30)21-20-18/h4-6,10-12,14-16,25,27,29H,2-3,7-8H2,1H3,(H,19,26)(H2,31,32,33)/t10-,11-,12+,14+,15+,16+,40?/m0/s1. The highest BCUT2D eigenvalue weighted by Gasteiger charge is 2.45. The normalized spacial score (nSPS) is 21.9. The van der Waals surface area contributed by atoms with Gasteiger partial charge in [-0.1, -0.05) is 4.68 Å². The Balaban J connectivity index is 2.29. The Labute approximate surface area is 223 Å². The van der Waals surface area contributed by atoms with Crippen molar-refractivity contribution in [1.29, 1.82) is 0 Å². The summed E-state index contributed by atoms with van der Waals surface area (Å²) in [5.41, 5.74) is 6.58. The van der Waals surface area contributed by atoms with Crippen molar-refractivity contribution in [2.24, 2.45) is 5.22 Å². The van der Waals surface area contributed by atoms with Gasteiger partial charge in [0.25, 0.3) is 0 Å². The van der Waals surface area contributed by atoms with Gasteiger partial charge in [-0.3, -0.25) is 18.4 Å². The molecule has 0 saturated carbocycles. The Bertz CT molecular complexity index is 1320. The number of carbonyl (C=O) groups is 2. The zero-order valence-corrected chi connectivity index (χ0v) is 22.3. The summed E-state index contributed by atoms with van der Waals surface area (Å²) in [4.78, 5) is 68.0. The van der Waals surface area contributed by atoms with Crippen LogP contribution in [0.3, 0.4) is 0 Å². The first-order valence-corrected chi connectivity index (χ1v) is 14.1. The van der Waals surface area contributed by atoms with Crippen LogP contribution in [0, 0.1) is 0 Å². The Morgan fingerprint density at radius 2 is 2.02 bits per heavy atom. The molecule has 23 heteroatoms. The summed E-state index contributed by atoms with van der Waals surface area (Å²) in [5, 5.41) is 34.2. The number of aliphatic hydroxyl groups excluding tert-OH is 3. The van der Waals surface area contributed by atoms with Crippen LogP contribution in [-0.2, 0) is 36.8 Å². The number of rotatable bonds is 15. The number of nitrogens with zero attached hydrogens (tertiary/aromatic N) is 5. The largest absolute Gasteiger partial charge is 0.484 e. The molecular formula is C17H26N6O15P2. The predicted octanol–water partition coefficient (Wildman–Crippen LogP) is -2.20. The maximum atomic E-state index is 13.2. The fourth-order valence-electron chi connectivity index (χ4n) is 3.46. The van der Waals surface area contributed by atoms with Crippen LogP contribution in [0.4, 0.5) is 0 Å². The summed E-state index contributed by atoms with van der Waals surface area (Å²) in [5.74, 6) is -0.865. The molecule has 1 aromatic rings. The smallest absolute Gasteiger partial charge is 0.394 e. The lowest BCUT2D eigenvalue weighted by Gasteiger charge is -2.32. The molecule has 1 aliphatic rings. The molecule has 6 N–H and O–H groups in total. The van der Waals surface area contributed by atoms with Crippen molar-refractivity contribution in [2.45, 2.75) is 56.5 Å². The summed E-state index contributed by atoms with van der Waals surface area (Å²) in [6.45, 7) is -0.945. The molecule has 1 amide bonds. The van der Waals surface area contributed by atoms with Crippen LogP contribution in [-0.4, -0.2) is 90.2 Å². The van der Waals surface area contributed by atoms with Gasteiger partial charge in [0.1, 0.15) is 36.9 Å². The number of hydrogen-bond acceptors (Lipinski definition) is 14. The number of phosphoric ester groups is 1. The van der Waals surface area contributed by atoms with Crippen LogP contribution in [0.2, 0.25) is 0 Å². The van der Waals surface area contributed by atoms with Gasteiger partial charge in [0.15, 0.2) is 0 Å². The minimum Gasteiger partial charge on any atom is -0.394 e. The van der Waals surface area contributed by atoms with Gasteiger partial charge in [-0.2, -0.15) is 9.22 Å². The number of ether oxygens (including phenoxy) is 1. The topological polar surface area (TPSA) is 311 Å². The minimum absolute atomic E-state index is 0.0145. The second-order valence-electron chi connectivity index (χ2n) is 8.11. The summed E-state index contributed by atoms with van der Waals surface area (Å²) in [6.07, 6.45) is -7.43. The van der Waals surface area contributed by atoms with Gasteiger partial charge >= 0.3 is 26.9 Å². The average Bonchev–Trinajstić information content (AvgIpc) is 3.34. The third kappa shape index (κ3) is 9.13. The number of carbonyl (C=O) groups excluding carboxylic acids is 2. The van der Waals surface area contributed by atoms with Crippen molar-refractivity contribution in [2.75, 3.05) is 13.2 Å². The molecular weight excluding hydrogens is 590 g/mol. The Kier molecular flexibility index (Phi) is 11.9.